The predicted octanol–water partition coefficient (Wildman–Crippen LogP) is 4.16. The third-order valence-electron chi connectivity index (χ3n) is 4.14. The van der Waals surface area contributed by atoms with Crippen LogP contribution in [0, 0.1) is 12.8 Å². The van der Waals surface area contributed by atoms with Gasteiger partial charge in [0.05, 0.1) is 12.7 Å². The van der Waals surface area contributed by atoms with Gasteiger partial charge in [-0.15, -0.1) is 0 Å². The Morgan fingerprint density at radius 3 is 2.60 bits per heavy atom. The smallest absolute Gasteiger partial charge is 0.339 e. The van der Waals surface area contributed by atoms with Gasteiger partial charge in [0.2, 0.25) is 0 Å². The Balaban J connectivity index is 2.02. The van der Waals surface area contributed by atoms with Crippen molar-refractivity contribution in [2.75, 3.05) is 19.0 Å². The van der Waals surface area contributed by atoms with E-state index < -0.39 is 0 Å². The molecule has 0 atom stereocenters. The van der Waals surface area contributed by atoms with Crippen molar-refractivity contribution in [3.8, 4) is 0 Å². The fourth-order valence-corrected chi connectivity index (χ4v) is 2.91. The second kappa shape index (κ2) is 7.32. The van der Waals surface area contributed by atoms with Crippen LogP contribution in [0.4, 0.5) is 5.69 Å². The number of methoxy groups -OCH3 is 1. The van der Waals surface area contributed by atoms with Crippen molar-refractivity contribution in [3.05, 3.63) is 29.3 Å². The number of ether oxygens (including phenoxy) is 1. The summed E-state index contributed by atoms with van der Waals surface area (Å²) >= 11 is 0. The number of hydrogen-bond acceptors (Lipinski definition) is 3. The number of rotatable bonds is 4. The van der Waals surface area contributed by atoms with Crippen molar-refractivity contribution >= 4 is 11.7 Å². The lowest BCUT2D eigenvalue weighted by molar-refractivity contribution is 0.0601. The van der Waals surface area contributed by atoms with Crippen LogP contribution in [0.2, 0.25) is 0 Å². The van der Waals surface area contributed by atoms with E-state index >= 15 is 0 Å². The third kappa shape index (κ3) is 3.99. The Morgan fingerprint density at radius 1 is 1.25 bits per heavy atom. The van der Waals surface area contributed by atoms with Gasteiger partial charge in [-0.25, -0.2) is 4.79 Å². The molecular weight excluding hydrogens is 250 g/mol. The topological polar surface area (TPSA) is 38.3 Å². The van der Waals surface area contributed by atoms with Crippen LogP contribution >= 0.6 is 0 Å². The summed E-state index contributed by atoms with van der Waals surface area (Å²) in [5.41, 5.74) is 2.61. The van der Waals surface area contributed by atoms with E-state index in [4.69, 9.17) is 4.74 Å². The first-order chi connectivity index (χ1) is 9.70. The number of aryl methyl sites for hydroxylation is 1. The van der Waals surface area contributed by atoms with Gasteiger partial charge in [-0.3, -0.25) is 0 Å². The number of hydrogen-bond donors (Lipinski definition) is 1. The largest absolute Gasteiger partial charge is 0.465 e. The molecule has 0 radical (unpaired) electrons. The van der Waals surface area contributed by atoms with Gasteiger partial charge in [0.1, 0.15) is 0 Å². The maximum atomic E-state index is 11.8. The SMILES string of the molecule is COC(=O)c1cc(C)ccc1NCC1CCCCCC1. The number of nitrogens with one attached hydrogen (secondary N) is 1. The van der Waals surface area contributed by atoms with Crippen molar-refractivity contribution in [1.82, 2.24) is 0 Å². The molecule has 1 fully saturated rings. The van der Waals surface area contributed by atoms with Gasteiger partial charge in [0.15, 0.2) is 0 Å². The minimum absolute atomic E-state index is 0.267. The summed E-state index contributed by atoms with van der Waals surface area (Å²) < 4.78 is 4.86. The second-order valence-corrected chi connectivity index (χ2v) is 5.78. The minimum Gasteiger partial charge on any atom is -0.465 e. The number of anilines is 1. The Hall–Kier alpha value is -1.51. The Bertz CT molecular complexity index is 448. The maximum Gasteiger partial charge on any atom is 0.339 e. The molecule has 3 nitrogen and oxygen atoms in total. The number of carbonyl (C=O) groups is 1. The van der Waals surface area contributed by atoms with E-state index in [-0.39, 0.29) is 5.97 Å². The molecule has 110 valence electrons. The normalized spacial score (nSPS) is 16.5. The van der Waals surface area contributed by atoms with Crippen LogP contribution in [0.15, 0.2) is 18.2 Å². The number of carbonyl (C=O) groups excluding carboxylic acids is 1. The molecule has 1 aromatic rings. The monoisotopic (exact) mass is 275 g/mol. The highest BCUT2D eigenvalue weighted by Gasteiger charge is 2.15. The predicted molar refractivity (Wildman–Crippen MR) is 82.2 cm³/mol. The molecule has 1 N–H and O–H groups in total. The lowest BCUT2D eigenvalue weighted by Gasteiger charge is -2.17. The highest BCUT2D eigenvalue weighted by molar-refractivity contribution is 5.95. The van der Waals surface area contributed by atoms with Gasteiger partial charge >= 0.3 is 5.97 Å². The standard InChI is InChI=1S/C17H25NO2/c1-13-9-10-16(15(11-13)17(19)20-2)18-12-14-7-5-3-4-6-8-14/h9-11,14,18H,3-8,12H2,1-2H3. The van der Waals surface area contributed by atoms with Gasteiger partial charge in [0.25, 0.3) is 0 Å². The van der Waals surface area contributed by atoms with E-state index in [0.717, 1.165) is 23.7 Å². The fourth-order valence-electron chi connectivity index (χ4n) is 2.91. The van der Waals surface area contributed by atoms with E-state index in [2.05, 4.69) is 5.32 Å². The average Bonchev–Trinajstić information content (AvgIpc) is 2.73. The zero-order valence-electron chi connectivity index (χ0n) is 12.6. The molecule has 20 heavy (non-hydrogen) atoms. The summed E-state index contributed by atoms with van der Waals surface area (Å²) in [5.74, 6) is 0.460. The zero-order valence-corrected chi connectivity index (χ0v) is 12.6. The van der Waals surface area contributed by atoms with Crippen molar-refractivity contribution in [2.45, 2.75) is 45.4 Å². The quantitative estimate of drug-likeness (QED) is 0.662. The van der Waals surface area contributed by atoms with E-state index in [1.807, 2.05) is 25.1 Å². The Labute approximate surface area is 121 Å². The summed E-state index contributed by atoms with van der Waals surface area (Å²) in [4.78, 5) is 11.8. The minimum atomic E-state index is -0.267. The van der Waals surface area contributed by atoms with Crippen molar-refractivity contribution < 1.29 is 9.53 Å². The molecule has 0 saturated heterocycles. The van der Waals surface area contributed by atoms with Gasteiger partial charge in [-0.05, 0) is 37.8 Å². The summed E-state index contributed by atoms with van der Waals surface area (Å²) in [5, 5.41) is 3.45. The highest BCUT2D eigenvalue weighted by Crippen LogP contribution is 2.24. The molecule has 0 amide bonds. The van der Waals surface area contributed by atoms with Crippen LogP contribution in [0.3, 0.4) is 0 Å². The van der Waals surface area contributed by atoms with Crippen LogP contribution in [0.1, 0.15) is 54.4 Å². The molecule has 1 aromatic carbocycles. The van der Waals surface area contributed by atoms with Crippen LogP contribution in [0.25, 0.3) is 0 Å². The highest BCUT2D eigenvalue weighted by atomic mass is 16.5. The molecule has 0 spiro atoms. The molecule has 2 rings (SSSR count). The molecule has 0 aliphatic heterocycles. The van der Waals surface area contributed by atoms with Crippen molar-refractivity contribution in [1.29, 1.82) is 0 Å². The maximum absolute atomic E-state index is 11.8. The molecule has 0 bridgehead atoms. The van der Waals surface area contributed by atoms with Crippen molar-refractivity contribution in [3.63, 3.8) is 0 Å². The Morgan fingerprint density at radius 2 is 1.95 bits per heavy atom. The van der Waals surface area contributed by atoms with Gasteiger partial charge in [-0.1, -0.05) is 37.3 Å². The van der Waals surface area contributed by atoms with Crippen LogP contribution in [-0.2, 0) is 4.74 Å². The number of esters is 1. The Kier molecular flexibility index (Phi) is 5.45. The number of benzene rings is 1. The zero-order chi connectivity index (χ0) is 14.4. The van der Waals surface area contributed by atoms with Crippen LogP contribution < -0.4 is 5.32 Å². The lowest BCUT2D eigenvalue weighted by Crippen LogP contribution is -2.16. The summed E-state index contributed by atoms with van der Waals surface area (Å²) in [7, 11) is 1.43. The van der Waals surface area contributed by atoms with Crippen molar-refractivity contribution in [2.24, 2.45) is 5.92 Å². The van der Waals surface area contributed by atoms with Crippen LogP contribution in [0.5, 0.6) is 0 Å². The molecule has 3 heteroatoms. The van der Waals surface area contributed by atoms with Gasteiger partial charge < -0.3 is 10.1 Å². The second-order valence-electron chi connectivity index (χ2n) is 5.78. The molecule has 1 aliphatic rings. The first-order valence-corrected chi connectivity index (χ1v) is 7.63. The molecule has 0 heterocycles. The third-order valence-corrected chi connectivity index (χ3v) is 4.14. The van der Waals surface area contributed by atoms with Crippen LogP contribution in [-0.4, -0.2) is 19.6 Å². The van der Waals surface area contributed by atoms with Gasteiger partial charge in [0, 0.05) is 12.2 Å². The average molecular weight is 275 g/mol. The first kappa shape index (κ1) is 14.9. The van der Waals surface area contributed by atoms with E-state index in [1.54, 1.807) is 0 Å². The molecule has 0 aromatic heterocycles. The van der Waals surface area contributed by atoms with Gasteiger partial charge in [-0.2, -0.15) is 0 Å². The molecule has 1 saturated carbocycles. The molecule has 1 aliphatic carbocycles. The lowest BCUT2D eigenvalue weighted by atomic mass is 10.00. The molecule has 0 unspecified atom stereocenters. The summed E-state index contributed by atoms with van der Waals surface area (Å²) in [6.07, 6.45) is 8.01. The first-order valence-electron chi connectivity index (χ1n) is 7.63. The summed E-state index contributed by atoms with van der Waals surface area (Å²) in [6, 6.07) is 5.90. The fraction of sp³-hybridized carbons (Fsp3) is 0.588. The van der Waals surface area contributed by atoms with E-state index in [0.29, 0.717) is 5.56 Å². The van der Waals surface area contributed by atoms with E-state index in [1.165, 1.54) is 45.6 Å². The van der Waals surface area contributed by atoms with E-state index in [9.17, 15) is 4.79 Å². The summed E-state index contributed by atoms with van der Waals surface area (Å²) in [6.45, 7) is 2.94. The molecular formula is C17H25NO2.